The van der Waals surface area contributed by atoms with Gasteiger partial charge in [0.15, 0.2) is 17.4 Å². The van der Waals surface area contributed by atoms with Crippen LogP contribution in [0.3, 0.4) is 0 Å². The molecule has 0 saturated carbocycles. The second-order valence-electron chi connectivity index (χ2n) is 5.57. The minimum absolute atomic E-state index is 0.0703. The quantitative estimate of drug-likeness (QED) is 0.608. The molecule has 0 saturated heterocycles. The van der Waals surface area contributed by atoms with Crippen LogP contribution in [-0.2, 0) is 4.79 Å². The number of hydrogen-bond donors (Lipinski definition) is 1. The summed E-state index contributed by atoms with van der Waals surface area (Å²) in [6, 6.07) is 1.52. The molecular weight excluding hydrogens is 364 g/mol. The Bertz CT molecular complexity index is 900. The molecule has 25 heavy (non-hydrogen) atoms. The number of nitrogens with one attached hydrogen (secondary N) is 1. The standard InChI is InChI=1S/C16H11F5NO2P/c1-5-6(2)14(25)11(13(19)12(5)18)7-3-9-10(4-8(7)17)24-16(20,21)15(23)22-9/h3-4H,25H2,1-2H3,(H,22,23). The molecule has 1 aliphatic heterocycles. The summed E-state index contributed by atoms with van der Waals surface area (Å²) in [6.45, 7) is 2.91. The minimum Gasteiger partial charge on any atom is -0.423 e. The van der Waals surface area contributed by atoms with Crippen LogP contribution in [0.2, 0.25) is 0 Å². The molecule has 2 aromatic carbocycles. The van der Waals surface area contributed by atoms with Gasteiger partial charge in [-0.1, -0.05) is 0 Å². The molecule has 0 aliphatic carbocycles. The summed E-state index contributed by atoms with van der Waals surface area (Å²) in [5.41, 5.74) is -0.576. The number of anilines is 1. The van der Waals surface area contributed by atoms with Gasteiger partial charge in [0.05, 0.1) is 5.69 Å². The Morgan fingerprint density at radius 3 is 2.36 bits per heavy atom. The second-order valence-corrected chi connectivity index (χ2v) is 6.15. The molecule has 3 nitrogen and oxygen atoms in total. The van der Waals surface area contributed by atoms with E-state index < -0.39 is 40.8 Å². The molecule has 1 amide bonds. The van der Waals surface area contributed by atoms with Gasteiger partial charge >= 0.3 is 12.0 Å². The van der Waals surface area contributed by atoms with E-state index in [1.54, 1.807) is 0 Å². The fourth-order valence-corrected chi connectivity index (χ4v) is 3.02. The Morgan fingerprint density at radius 1 is 1.08 bits per heavy atom. The number of rotatable bonds is 1. The third-order valence-corrected chi connectivity index (χ3v) is 4.79. The first kappa shape index (κ1) is 17.6. The first-order valence-corrected chi connectivity index (χ1v) is 7.58. The van der Waals surface area contributed by atoms with E-state index in [0.29, 0.717) is 11.6 Å². The lowest BCUT2D eigenvalue weighted by atomic mass is 9.97. The Labute approximate surface area is 141 Å². The molecule has 1 unspecified atom stereocenters. The second kappa shape index (κ2) is 5.66. The molecular formula is C16H11F5NO2P. The Kier molecular flexibility index (Phi) is 3.99. The van der Waals surface area contributed by atoms with Crippen molar-refractivity contribution in [3.8, 4) is 16.9 Å². The van der Waals surface area contributed by atoms with E-state index in [4.69, 9.17) is 0 Å². The van der Waals surface area contributed by atoms with Crippen LogP contribution in [-0.4, -0.2) is 12.0 Å². The molecule has 1 aliphatic rings. The van der Waals surface area contributed by atoms with E-state index in [0.717, 1.165) is 6.07 Å². The van der Waals surface area contributed by atoms with Crippen molar-refractivity contribution in [1.82, 2.24) is 0 Å². The molecule has 0 bridgehead atoms. The predicted molar refractivity (Wildman–Crippen MR) is 84.8 cm³/mol. The summed E-state index contributed by atoms with van der Waals surface area (Å²) in [6.07, 6.45) is -4.15. The molecule has 1 atom stereocenters. The molecule has 9 heteroatoms. The summed E-state index contributed by atoms with van der Waals surface area (Å²) < 4.78 is 73.5. The predicted octanol–water partition coefficient (Wildman–Crippen LogP) is 3.81. The van der Waals surface area contributed by atoms with E-state index in [-0.39, 0.29) is 22.1 Å². The zero-order valence-electron chi connectivity index (χ0n) is 12.9. The third kappa shape index (κ3) is 2.65. The van der Waals surface area contributed by atoms with Crippen molar-refractivity contribution in [3.05, 3.63) is 40.7 Å². The van der Waals surface area contributed by atoms with Gasteiger partial charge in [0, 0.05) is 17.2 Å². The van der Waals surface area contributed by atoms with E-state index in [1.165, 1.54) is 13.8 Å². The van der Waals surface area contributed by atoms with Gasteiger partial charge in [-0.2, -0.15) is 8.78 Å². The van der Waals surface area contributed by atoms with Crippen molar-refractivity contribution in [3.63, 3.8) is 0 Å². The lowest BCUT2D eigenvalue weighted by Gasteiger charge is -2.25. The van der Waals surface area contributed by atoms with Crippen LogP contribution in [0.5, 0.6) is 5.75 Å². The normalized spacial score (nSPS) is 15.4. The molecule has 3 rings (SSSR count). The number of carbonyl (C=O) groups excluding carboxylic acids is 1. The van der Waals surface area contributed by atoms with E-state index in [2.05, 4.69) is 14.0 Å². The molecule has 1 heterocycles. The number of benzene rings is 2. The van der Waals surface area contributed by atoms with Gasteiger partial charge in [0.25, 0.3) is 0 Å². The fourth-order valence-electron chi connectivity index (χ4n) is 2.52. The average molecular weight is 375 g/mol. The van der Waals surface area contributed by atoms with Crippen LogP contribution >= 0.6 is 9.24 Å². The Hall–Kier alpha value is -2.21. The molecule has 132 valence electrons. The highest BCUT2D eigenvalue weighted by Gasteiger charge is 2.46. The summed E-state index contributed by atoms with van der Waals surface area (Å²) >= 11 is 0. The van der Waals surface area contributed by atoms with Gasteiger partial charge < -0.3 is 10.1 Å². The van der Waals surface area contributed by atoms with Gasteiger partial charge in [-0.05, 0) is 36.3 Å². The maximum absolute atomic E-state index is 14.4. The summed E-state index contributed by atoms with van der Waals surface area (Å²) in [7, 11) is 2.21. The average Bonchev–Trinajstić information content (AvgIpc) is 2.53. The van der Waals surface area contributed by atoms with E-state index >= 15 is 0 Å². The maximum atomic E-state index is 14.4. The van der Waals surface area contributed by atoms with Gasteiger partial charge in [-0.15, -0.1) is 9.24 Å². The van der Waals surface area contributed by atoms with Crippen molar-refractivity contribution < 1.29 is 31.5 Å². The van der Waals surface area contributed by atoms with Crippen LogP contribution in [0.25, 0.3) is 11.1 Å². The zero-order chi connectivity index (χ0) is 18.7. The van der Waals surface area contributed by atoms with Crippen LogP contribution in [0.15, 0.2) is 12.1 Å². The maximum Gasteiger partial charge on any atom is 0.482 e. The number of hydrogen-bond acceptors (Lipinski definition) is 2. The van der Waals surface area contributed by atoms with E-state index in [1.807, 2.05) is 5.32 Å². The van der Waals surface area contributed by atoms with Crippen molar-refractivity contribution in [1.29, 1.82) is 0 Å². The van der Waals surface area contributed by atoms with E-state index in [9.17, 15) is 26.7 Å². The van der Waals surface area contributed by atoms with Crippen molar-refractivity contribution in [2.24, 2.45) is 0 Å². The molecule has 0 aromatic heterocycles. The van der Waals surface area contributed by atoms with Crippen LogP contribution in [0.1, 0.15) is 11.1 Å². The number of fused-ring (bicyclic) bond motifs is 1. The lowest BCUT2D eigenvalue weighted by molar-refractivity contribution is -0.189. The SMILES string of the molecule is Cc1c(C)c(P)c(-c2cc3c(cc2F)OC(F)(F)C(=O)N3)c(F)c1F. The Balaban J connectivity index is 2.25. The summed E-state index contributed by atoms with van der Waals surface area (Å²) in [5, 5.41) is 2.08. The Morgan fingerprint density at radius 2 is 1.72 bits per heavy atom. The van der Waals surface area contributed by atoms with Gasteiger partial charge in [0.2, 0.25) is 0 Å². The minimum atomic E-state index is -4.15. The third-order valence-electron chi connectivity index (χ3n) is 4.07. The largest absolute Gasteiger partial charge is 0.482 e. The highest BCUT2D eigenvalue weighted by Crippen LogP contribution is 2.40. The summed E-state index contributed by atoms with van der Waals surface area (Å²) in [4.78, 5) is 11.3. The number of ether oxygens (including phenoxy) is 1. The lowest BCUT2D eigenvalue weighted by Crippen LogP contribution is -2.43. The number of halogens is 5. The van der Waals surface area contributed by atoms with Crippen molar-refractivity contribution in [2.45, 2.75) is 20.0 Å². The first-order chi connectivity index (χ1) is 11.5. The zero-order valence-corrected chi connectivity index (χ0v) is 14.1. The highest BCUT2D eigenvalue weighted by molar-refractivity contribution is 7.28. The number of amides is 1. The van der Waals surface area contributed by atoms with Crippen LogP contribution < -0.4 is 15.4 Å². The monoisotopic (exact) mass is 375 g/mol. The van der Waals surface area contributed by atoms with Crippen molar-refractivity contribution >= 4 is 26.1 Å². The highest BCUT2D eigenvalue weighted by atomic mass is 31.0. The van der Waals surface area contributed by atoms with Gasteiger partial charge in [-0.3, -0.25) is 4.79 Å². The molecule has 0 radical (unpaired) electrons. The molecule has 0 fully saturated rings. The fraction of sp³-hybridized carbons (Fsp3) is 0.188. The number of alkyl halides is 2. The first-order valence-electron chi connectivity index (χ1n) is 7.00. The smallest absolute Gasteiger partial charge is 0.423 e. The molecule has 1 N–H and O–H groups in total. The number of carbonyl (C=O) groups is 1. The molecule has 0 spiro atoms. The topological polar surface area (TPSA) is 38.3 Å². The van der Waals surface area contributed by atoms with Gasteiger partial charge in [-0.25, -0.2) is 13.2 Å². The molecule has 2 aromatic rings. The van der Waals surface area contributed by atoms with Crippen LogP contribution in [0.4, 0.5) is 27.6 Å². The summed E-state index contributed by atoms with van der Waals surface area (Å²) in [5.74, 6) is -5.87. The van der Waals surface area contributed by atoms with Gasteiger partial charge in [0.1, 0.15) is 5.82 Å². The van der Waals surface area contributed by atoms with Crippen molar-refractivity contribution in [2.75, 3.05) is 5.32 Å². The van der Waals surface area contributed by atoms with Crippen LogP contribution in [0, 0.1) is 31.3 Å².